The number of halogens is 4. The maximum atomic E-state index is 9.84. The van der Waals surface area contributed by atoms with Crippen LogP contribution in [0.25, 0.3) is 0 Å². The minimum atomic E-state index is -4.90. The number of hydrogen-bond acceptors (Lipinski definition) is 0. The Labute approximate surface area is 44.0 Å². The van der Waals surface area contributed by atoms with Crippen molar-refractivity contribution in [1.29, 1.82) is 0 Å². The second-order valence-corrected chi connectivity index (χ2v) is 1.12. The van der Waals surface area contributed by atoms with Crippen molar-refractivity contribution in [3.8, 4) is 0 Å². The predicted octanol–water partition coefficient (Wildman–Crippen LogP) is 1.41. The first-order valence-electron chi connectivity index (χ1n) is 0.401. The van der Waals surface area contributed by atoms with Gasteiger partial charge in [-0.05, 0) is 0 Å². The molecule has 0 aliphatic rings. The molecule has 0 unspecified atom stereocenters. The Kier molecular flexibility index (Phi) is 9.49. The zero-order valence-corrected chi connectivity index (χ0v) is 4.16. The van der Waals surface area contributed by atoms with Crippen LogP contribution in [0.15, 0.2) is 0 Å². The standard InChI is InChI=1S/4FH.Gd/h4*1H;/q;;;;+3/p-3. The summed E-state index contributed by atoms with van der Waals surface area (Å²) in [5.41, 5.74) is 0. The predicted molar refractivity (Wildman–Crippen MR) is 5.83 cm³/mol. The second-order valence-electron chi connectivity index (χ2n) is 0.152. The third kappa shape index (κ3) is 42.9. The summed E-state index contributed by atoms with van der Waals surface area (Å²) in [4.78, 5) is 0. The summed E-state index contributed by atoms with van der Waals surface area (Å²) < 4.78 is 29.5. The van der Waals surface area contributed by atoms with Gasteiger partial charge in [-0.2, -0.15) is 0 Å². The van der Waals surface area contributed by atoms with Crippen LogP contribution < -0.4 is 0 Å². The van der Waals surface area contributed by atoms with Gasteiger partial charge in [-0.25, -0.2) is 0 Å². The molecule has 0 amide bonds. The molecule has 0 saturated heterocycles. The van der Waals surface area contributed by atoms with Gasteiger partial charge < -0.3 is 0 Å². The summed E-state index contributed by atoms with van der Waals surface area (Å²) in [6.07, 6.45) is 0. The molecular weight excluding hydrogens is 233 g/mol. The summed E-state index contributed by atoms with van der Waals surface area (Å²) in [6, 6.07) is 0. The van der Waals surface area contributed by atoms with E-state index in [1.807, 2.05) is 0 Å². The van der Waals surface area contributed by atoms with Crippen LogP contribution in [0.2, 0.25) is 0 Å². The van der Waals surface area contributed by atoms with E-state index in [0.29, 0.717) is 0 Å². The van der Waals surface area contributed by atoms with Gasteiger partial charge in [0.25, 0.3) is 0 Å². The Morgan fingerprint density at radius 3 is 1.00 bits per heavy atom. The fraction of sp³-hybridized carbons (Fsp3) is 0. The fourth-order valence-corrected chi connectivity index (χ4v) is 0. The molecule has 0 atom stereocenters. The van der Waals surface area contributed by atoms with Crippen molar-refractivity contribution in [3.63, 3.8) is 0 Å². The van der Waals surface area contributed by atoms with Crippen LogP contribution in [-0.2, 0) is 0 Å². The van der Waals surface area contributed by atoms with E-state index >= 15 is 0 Å². The van der Waals surface area contributed by atoms with Crippen molar-refractivity contribution in [2.45, 2.75) is 0 Å². The quantitative estimate of drug-likeness (QED) is 0.556. The van der Waals surface area contributed by atoms with Gasteiger partial charge >= 0.3 is 39.6 Å². The zero-order valence-electron chi connectivity index (χ0n) is 1.90. The maximum absolute atomic E-state index is 9.84. The Balaban J connectivity index is 0. The molecule has 0 saturated carbocycles. The summed E-state index contributed by atoms with van der Waals surface area (Å²) in [7, 11) is 0. The minimum absolute atomic E-state index is 0. The Bertz CT molecular complexity index is 8.36. The van der Waals surface area contributed by atoms with Crippen LogP contribution >= 0.6 is 0 Å². The molecule has 0 nitrogen and oxygen atoms in total. The van der Waals surface area contributed by atoms with Gasteiger partial charge in [0.2, 0.25) is 0 Å². The molecule has 0 aromatic carbocycles. The van der Waals surface area contributed by atoms with E-state index in [1.165, 1.54) is 0 Å². The zero-order chi connectivity index (χ0) is 3.58. The van der Waals surface area contributed by atoms with Crippen LogP contribution in [0, 0.1) is 36.3 Å². The summed E-state index contributed by atoms with van der Waals surface area (Å²) in [5.74, 6) is 0. The molecule has 0 N–H and O–H groups in total. The molecule has 0 spiro atoms. The van der Waals surface area contributed by atoms with Gasteiger partial charge in [0, 0.05) is 0 Å². The molecule has 0 aromatic heterocycles. The van der Waals surface area contributed by atoms with E-state index in [2.05, 4.69) is 0 Å². The van der Waals surface area contributed by atoms with Crippen LogP contribution in [0.3, 0.4) is 0 Å². The van der Waals surface area contributed by atoms with Crippen LogP contribution in [0.4, 0.5) is 8.05 Å². The Hall–Kier alpha value is 1.04. The van der Waals surface area contributed by atoms with E-state index < -0.39 is 36.3 Å². The molecule has 0 aliphatic carbocycles. The van der Waals surface area contributed by atoms with Crippen LogP contribution in [-0.4, -0.2) is 0 Å². The van der Waals surface area contributed by atoms with Gasteiger partial charge in [0.15, 0.2) is 0 Å². The molecule has 0 aliphatic heterocycles. The molecule has 0 rings (SSSR count). The van der Waals surface area contributed by atoms with E-state index in [1.54, 1.807) is 0 Å². The fourth-order valence-electron chi connectivity index (χ4n) is 0. The van der Waals surface area contributed by atoms with E-state index in [-0.39, 0.29) is 4.70 Å². The average Bonchev–Trinajstić information content (AvgIpc) is 0.811. The molecule has 0 aromatic rings. The molecular formula is HF4Gd. The first kappa shape index (κ1) is 9.40. The van der Waals surface area contributed by atoms with Gasteiger partial charge in [0.05, 0.1) is 0 Å². The third-order valence-electron chi connectivity index (χ3n) is 0. The summed E-state index contributed by atoms with van der Waals surface area (Å²) in [5, 5.41) is 0. The molecule has 5 heteroatoms. The monoisotopic (exact) mass is 235 g/mol. The molecule has 5 heavy (non-hydrogen) atoms. The summed E-state index contributed by atoms with van der Waals surface area (Å²) >= 11 is -4.90. The van der Waals surface area contributed by atoms with Crippen molar-refractivity contribution in [1.82, 2.24) is 0 Å². The van der Waals surface area contributed by atoms with Crippen molar-refractivity contribution < 1.29 is 44.3 Å². The van der Waals surface area contributed by atoms with Gasteiger partial charge in [-0.15, -0.1) is 0 Å². The van der Waals surface area contributed by atoms with Crippen molar-refractivity contribution >= 4 is 0 Å². The van der Waals surface area contributed by atoms with Gasteiger partial charge in [-0.3, -0.25) is 4.70 Å². The first-order valence-corrected chi connectivity index (χ1v) is 2.97. The Morgan fingerprint density at radius 1 is 1.00 bits per heavy atom. The molecule has 37 valence electrons. The number of hydrogen-bond donors (Lipinski definition) is 0. The SMILES string of the molecule is F.[F][Gd]([F])[F]. The van der Waals surface area contributed by atoms with Crippen LogP contribution in [0.5, 0.6) is 0 Å². The average molecular weight is 234 g/mol. The number of rotatable bonds is 0. The topological polar surface area (TPSA) is 0 Å². The van der Waals surface area contributed by atoms with Crippen molar-refractivity contribution in [3.05, 3.63) is 0 Å². The normalized spacial score (nSPS) is 9.00. The second kappa shape index (κ2) is 5.04. The first-order chi connectivity index (χ1) is 1.73. The van der Waals surface area contributed by atoms with E-state index in [9.17, 15) is 3.35 Å². The Morgan fingerprint density at radius 2 is 1.00 bits per heavy atom. The van der Waals surface area contributed by atoms with Gasteiger partial charge in [0.1, 0.15) is 0 Å². The van der Waals surface area contributed by atoms with Crippen LogP contribution in [0.1, 0.15) is 0 Å². The van der Waals surface area contributed by atoms with Crippen molar-refractivity contribution in [2.75, 3.05) is 0 Å². The van der Waals surface area contributed by atoms with Crippen molar-refractivity contribution in [2.24, 2.45) is 0 Å². The molecule has 0 fully saturated rings. The third-order valence-corrected chi connectivity index (χ3v) is 0. The summed E-state index contributed by atoms with van der Waals surface area (Å²) in [6.45, 7) is 0. The van der Waals surface area contributed by atoms with E-state index in [0.717, 1.165) is 0 Å². The molecule has 0 bridgehead atoms. The molecule has 0 radical (unpaired) electrons. The molecule has 0 heterocycles. The van der Waals surface area contributed by atoms with E-state index in [4.69, 9.17) is 0 Å². The van der Waals surface area contributed by atoms with Gasteiger partial charge in [-0.1, -0.05) is 0 Å².